The van der Waals surface area contributed by atoms with E-state index in [1.807, 2.05) is 0 Å². The molecular formula is C23H21FN2O5. The number of ether oxygens (including phenoxy) is 2. The van der Waals surface area contributed by atoms with Crippen LogP contribution < -0.4 is 5.56 Å². The molecule has 0 amide bonds. The Morgan fingerprint density at radius 2 is 1.61 bits per heavy atom. The zero-order valence-corrected chi connectivity index (χ0v) is 17.4. The molecule has 0 spiro atoms. The zero-order chi connectivity index (χ0) is 22.3. The lowest BCUT2D eigenvalue weighted by Gasteiger charge is -2.10. The Hall–Kier alpha value is -3.68. The SMILES string of the molecule is CCOC(=O)c1c(C(=O)OCC)c2c(=O)n(Cc3ccccc3F)c3c(C)ccc1n23. The Balaban J connectivity index is 2.09. The molecule has 0 atom stereocenters. The molecule has 31 heavy (non-hydrogen) atoms. The third kappa shape index (κ3) is 3.15. The highest BCUT2D eigenvalue weighted by molar-refractivity contribution is 6.14. The molecule has 3 heterocycles. The van der Waals surface area contributed by atoms with Crippen molar-refractivity contribution in [2.75, 3.05) is 13.2 Å². The van der Waals surface area contributed by atoms with Crippen molar-refractivity contribution in [3.05, 3.63) is 74.8 Å². The quantitative estimate of drug-likeness (QED) is 0.443. The van der Waals surface area contributed by atoms with E-state index in [4.69, 9.17) is 9.47 Å². The lowest BCUT2D eigenvalue weighted by atomic mass is 10.1. The summed E-state index contributed by atoms with van der Waals surface area (Å²) in [6.07, 6.45) is 0. The Bertz CT molecular complexity index is 1370. The van der Waals surface area contributed by atoms with Gasteiger partial charge in [-0.1, -0.05) is 24.3 Å². The Morgan fingerprint density at radius 3 is 2.26 bits per heavy atom. The molecule has 0 saturated carbocycles. The van der Waals surface area contributed by atoms with E-state index in [2.05, 4.69) is 0 Å². The van der Waals surface area contributed by atoms with Gasteiger partial charge in [0.1, 0.15) is 28.1 Å². The minimum atomic E-state index is -0.783. The van der Waals surface area contributed by atoms with Crippen molar-refractivity contribution in [3.8, 4) is 0 Å². The van der Waals surface area contributed by atoms with Gasteiger partial charge in [-0.2, -0.15) is 0 Å². The second kappa shape index (κ2) is 7.86. The van der Waals surface area contributed by atoms with E-state index in [0.717, 1.165) is 5.56 Å². The number of imidazole rings is 1. The molecule has 7 nitrogen and oxygen atoms in total. The Morgan fingerprint density at radius 1 is 0.968 bits per heavy atom. The highest BCUT2D eigenvalue weighted by Crippen LogP contribution is 2.30. The summed E-state index contributed by atoms with van der Waals surface area (Å²) in [5.74, 6) is -1.93. The molecular weight excluding hydrogens is 403 g/mol. The van der Waals surface area contributed by atoms with Crippen molar-refractivity contribution in [1.29, 1.82) is 0 Å². The number of carbonyl (C=O) groups is 2. The fourth-order valence-corrected chi connectivity index (χ4v) is 3.94. The summed E-state index contributed by atoms with van der Waals surface area (Å²) in [5, 5.41) is 0. The molecule has 0 aliphatic rings. The van der Waals surface area contributed by atoms with E-state index in [9.17, 15) is 18.8 Å². The number of halogens is 1. The molecule has 0 aliphatic heterocycles. The van der Waals surface area contributed by atoms with Crippen LogP contribution in [0.2, 0.25) is 0 Å². The minimum Gasteiger partial charge on any atom is -0.462 e. The molecule has 4 aromatic rings. The van der Waals surface area contributed by atoms with Crippen molar-refractivity contribution in [3.63, 3.8) is 0 Å². The molecule has 0 fully saturated rings. The molecule has 160 valence electrons. The molecule has 3 aromatic heterocycles. The van der Waals surface area contributed by atoms with E-state index in [1.54, 1.807) is 55.5 Å². The van der Waals surface area contributed by atoms with E-state index in [-0.39, 0.29) is 36.4 Å². The van der Waals surface area contributed by atoms with Crippen molar-refractivity contribution in [2.45, 2.75) is 27.3 Å². The molecule has 0 unspecified atom stereocenters. The number of aryl methyl sites for hydroxylation is 1. The monoisotopic (exact) mass is 424 g/mol. The first-order chi connectivity index (χ1) is 14.9. The molecule has 0 aliphatic carbocycles. The van der Waals surface area contributed by atoms with Gasteiger partial charge in [0.2, 0.25) is 0 Å². The van der Waals surface area contributed by atoms with Crippen LogP contribution >= 0.6 is 0 Å². The van der Waals surface area contributed by atoms with Crippen LogP contribution in [0.1, 0.15) is 45.7 Å². The fourth-order valence-electron chi connectivity index (χ4n) is 3.94. The van der Waals surface area contributed by atoms with Gasteiger partial charge in [-0.25, -0.2) is 14.0 Å². The second-order valence-electron chi connectivity index (χ2n) is 7.08. The maximum absolute atomic E-state index is 14.3. The van der Waals surface area contributed by atoms with Gasteiger partial charge in [-0.05, 0) is 38.5 Å². The van der Waals surface area contributed by atoms with Gasteiger partial charge in [0.05, 0.1) is 25.3 Å². The number of hydrogen-bond donors (Lipinski definition) is 0. The van der Waals surface area contributed by atoms with Gasteiger partial charge in [0.15, 0.2) is 0 Å². The minimum absolute atomic E-state index is 0.00422. The van der Waals surface area contributed by atoms with Gasteiger partial charge in [0.25, 0.3) is 5.56 Å². The maximum atomic E-state index is 14.3. The summed E-state index contributed by atoms with van der Waals surface area (Å²) < 4.78 is 27.6. The number of carbonyl (C=O) groups excluding carboxylic acids is 2. The van der Waals surface area contributed by atoms with Gasteiger partial charge >= 0.3 is 11.9 Å². The number of nitrogens with zero attached hydrogens (tertiary/aromatic N) is 2. The van der Waals surface area contributed by atoms with Crippen LogP contribution in [-0.4, -0.2) is 34.1 Å². The number of rotatable bonds is 6. The normalized spacial score (nSPS) is 11.4. The van der Waals surface area contributed by atoms with Crippen molar-refractivity contribution in [2.24, 2.45) is 0 Å². The average molecular weight is 424 g/mol. The first-order valence-electron chi connectivity index (χ1n) is 9.98. The molecule has 8 heteroatoms. The third-order valence-electron chi connectivity index (χ3n) is 5.21. The molecule has 0 bridgehead atoms. The topological polar surface area (TPSA) is 79.0 Å². The van der Waals surface area contributed by atoms with E-state index in [1.165, 1.54) is 10.6 Å². The van der Waals surface area contributed by atoms with Crippen LogP contribution in [0.5, 0.6) is 0 Å². The highest BCUT2D eigenvalue weighted by atomic mass is 19.1. The lowest BCUT2D eigenvalue weighted by molar-refractivity contribution is 0.0483. The van der Waals surface area contributed by atoms with Gasteiger partial charge in [0, 0.05) is 5.56 Å². The first-order valence-corrected chi connectivity index (χ1v) is 9.98. The predicted molar refractivity (Wildman–Crippen MR) is 113 cm³/mol. The summed E-state index contributed by atoms with van der Waals surface area (Å²) >= 11 is 0. The fraction of sp³-hybridized carbons (Fsp3) is 0.261. The number of benzene rings is 1. The summed E-state index contributed by atoms with van der Waals surface area (Å²) in [7, 11) is 0. The first kappa shape index (κ1) is 20.6. The molecule has 0 saturated heterocycles. The van der Waals surface area contributed by atoms with Gasteiger partial charge in [-0.15, -0.1) is 0 Å². The number of hydrogen-bond acceptors (Lipinski definition) is 5. The van der Waals surface area contributed by atoms with Crippen molar-refractivity contribution >= 4 is 28.6 Å². The summed E-state index contributed by atoms with van der Waals surface area (Å²) in [5.41, 5.74) is 1.28. The second-order valence-corrected chi connectivity index (χ2v) is 7.08. The predicted octanol–water partition coefficient (Wildman–Crippen LogP) is 3.54. The molecule has 1 aromatic carbocycles. The Kier molecular flexibility index (Phi) is 5.22. The van der Waals surface area contributed by atoms with Gasteiger partial charge in [-0.3, -0.25) is 13.8 Å². The van der Waals surface area contributed by atoms with E-state index in [0.29, 0.717) is 16.7 Å². The van der Waals surface area contributed by atoms with Crippen LogP contribution in [0.15, 0.2) is 41.2 Å². The summed E-state index contributed by atoms with van der Waals surface area (Å²) in [6, 6.07) is 9.60. The van der Waals surface area contributed by atoms with Crippen LogP contribution in [0, 0.1) is 12.7 Å². The summed E-state index contributed by atoms with van der Waals surface area (Å²) in [6.45, 7) is 5.26. The third-order valence-corrected chi connectivity index (χ3v) is 5.21. The molecule has 4 rings (SSSR count). The Labute approximate surface area is 176 Å². The maximum Gasteiger partial charge on any atom is 0.341 e. The van der Waals surface area contributed by atoms with Crippen LogP contribution in [0.4, 0.5) is 4.39 Å². The van der Waals surface area contributed by atoms with Gasteiger partial charge < -0.3 is 9.47 Å². The largest absolute Gasteiger partial charge is 0.462 e. The molecule has 0 radical (unpaired) electrons. The number of pyridine rings is 1. The van der Waals surface area contributed by atoms with E-state index >= 15 is 0 Å². The highest BCUT2D eigenvalue weighted by Gasteiger charge is 2.33. The average Bonchev–Trinajstić information content (AvgIpc) is 3.22. The van der Waals surface area contributed by atoms with Crippen LogP contribution in [-0.2, 0) is 16.0 Å². The van der Waals surface area contributed by atoms with Crippen LogP contribution in [0.25, 0.3) is 16.7 Å². The van der Waals surface area contributed by atoms with E-state index < -0.39 is 23.3 Å². The zero-order valence-electron chi connectivity index (χ0n) is 17.4. The van der Waals surface area contributed by atoms with Crippen molar-refractivity contribution in [1.82, 2.24) is 8.97 Å². The summed E-state index contributed by atoms with van der Waals surface area (Å²) in [4.78, 5) is 39.0. The lowest BCUT2D eigenvalue weighted by Crippen LogP contribution is -2.20. The van der Waals surface area contributed by atoms with Crippen molar-refractivity contribution < 1.29 is 23.5 Å². The molecule has 0 N–H and O–H groups in total. The van der Waals surface area contributed by atoms with Crippen LogP contribution in [0.3, 0.4) is 0 Å². The number of aromatic nitrogens is 2. The smallest absolute Gasteiger partial charge is 0.341 e. The number of esters is 2. The standard InChI is InChI=1S/C23H21FN2O5/c1-4-30-22(28)17-16-11-10-13(3)20-25(12-14-8-6-7-9-15(14)24)21(27)19(26(16)20)18(17)23(29)31-5-2/h6-11H,4-5,12H2,1-3H3.